The molecule has 1 fully saturated rings. The van der Waals surface area contributed by atoms with Crippen LogP contribution >= 0.6 is 0 Å². The average Bonchev–Trinajstić information content (AvgIpc) is 2.63. The number of rotatable bonds is 3. The predicted molar refractivity (Wildman–Crippen MR) is 57.0 cm³/mol. The highest BCUT2D eigenvalue weighted by Crippen LogP contribution is 2.08. The lowest BCUT2D eigenvalue weighted by Crippen LogP contribution is -2.28. The molecule has 0 bridgehead atoms. The fourth-order valence-electron chi connectivity index (χ4n) is 1.90. The standard InChI is InChI=1S/C11H17N3/c12-11-4-7-14(9-11)6-3-10-2-1-5-13-8-10/h1-2,5,8,11H,3-4,6-7,9,12H2. The third kappa shape index (κ3) is 2.53. The minimum Gasteiger partial charge on any atom is -0.326 e. The highest BCUT2D eigenvalue weighted by molar-refractivity contribution is 5.08. The molecule has 1 saturated heterocycles. The van der Waals surface area contributed by atoms with Crippen molar-refractivity contribution in [3.63, 3.8) is 0 Å². The quantitative estimate of drug-likeness (QED) is 0.763. The van der Waals surface area contributed by atoms with Gasteiger partial charge in [0.15, 0.2) is 0 Å². The lowest BCUT2D eigenvalue weighted by Gasteiger charge is -2.14. The Morgan fingerprint density at radius 2 is 2.50 bits per heavy atom. The number of aromatic nitrogens is 1. The summed E-state index contributed by atoms with van der Waals surface area (Å²) in [6.45, 7) is 3.32. The molecule has 3 heteroatoms. The number of hydrogen-bond donors (Lipinski definition) is 1. The van der Waals surface area contributed by atoms with Gasteiger partial charge in [-0.1, -0.05) is 6.07 Å². The summed E-state index contributed by atoms with van der Waals surface area (Å²) in [5.74, 6) is 0. The van der Waals surface area contributed by atoms with Gasteiger partial charge in [0.05, 0.1) is 0 Å². The SMILES string of the molecule is NC1CCN(CCc2cccnc2)C1. The average molecular weight is 191 g/mol. The smallest absolute Gasteiger partial charge is 0.0300 e. The molecular weight excluding hydrogens is 174 g/mol. The van der Waals surface area contributed by atoms with Crippen molar-refractivity contribution in [2.45, 2.75) is 18.9 Å². The molecule has 3 nitrogen and oxygen atoms in total. The van der Waals surface area contributed by atoms with Crippen molar-refractivity contribution in [2.75, 3.05) is 19.6 Å². The van der Waals surface area contributed by atoms with Gasteiger partial charge in [-0.15, -0.1) is 0 Å². The molecule has 0 saturated carbocycles. The summed E-state index contributed by atoms with van der Waals surface area (Å²) in [5, 5.41) is 0. The van der Waals surface area contributed by atoms with Crippen molar-refractivity contribution in [1.29, 1.82) is 0 Å². The van der Waals surface area contributed by atoms with Gasteiger partial charge in [0.1, 0.15) is 0 Å². The zero-order valence-corrected chi connectivity index (χ0v) is 8.39. The van der Waals surface area contributed by atoms with Crippen molar-refractivity contribution in [3.8, 4) is 0 Å². The molecule has 0 aromatic carbocycles. The van der Waals surface area contributed by atoms with E-state index in [1.165, 1.54) is 5.56 Å². The number of nitrogens with zero attached hydrogens (tertiary/aromatic N) is 2. The summed E-state index contributed by atoms with van der Waals surface area (Å²) >= 11 is 0. The molecule has 1 aliphatic heterocycles. The molecule has 1 aliphatic rings. The van der Waals surface area contributed by atoms with Crippen LogP contribution in [-0.4, -0.2) is 35.6 Å². The number of hydrogen-bond acceptors (Lipinski definition) is 3. The first-order chi connectivity index (χ1) is 6.84. The Morgan fingerprint density at radius 1 is 1.57 bits per heavy atom. The topological polar surface area (TPSA) is 42.1 Å². The lowest BCUT2D eigenvalue weighted by atomic mass is 10.2. The van der Waals surface area contributed by atoms with E-state index in [1.54, 1.807) is 0 Å². The van der Waals surface area contributed by atoms with Crippen molar-refractivity contribution < 1.29 is 0 Å². The maximum Gasteiger partial charge on any atom is 0.0300 e. The largest absolute Gasteiger partial charge is 0.326 e. The molecule has 1 aromatic heterocycles. The molecule has 0 radical (unpaired) electrons. The third-order valence-corrected chi connectivity index (χ3v) is 2.75. The van der Waals surface area contributed by atoms with E-state index < -0.39 is 0 Å². The first-order valence-electron chi connectivity index (χ1n) is 5.21. The van der Waals surface area contributed by atoms with Gasteiger partial charge in [-0.2, -0.15) is 0 Å². The fraction of sp³-hybridized carbons (Fsp3) is 0.545. The van der Waals surface area contributed by atoms with Crippen LogP contribution in [0.1, 0.15) is 12.0 Å². The number of likely N-dealkylation sites (tertiary alicyclic amines) is 1. The van der Waals surface area contributed by atoms with Crippen LogP contribution in [0.4, 0.5) is 0 Å². The van der Waals surface area contributed by atoms with Gasteiger partial charge < -0.3 is 10.6 Å². The van der Waals surface area contributed by atoms with Gasteiger partial charge in [0.25, 0.3) is 0 Å². The fourth-order valence-corrected chi connectivity index (χ4v) is 1.90. The van der Waals surface area contributed by atoms with E-state index in [-0.39, 0.29) is 0 Å². The van der Waals surface area contributed by atoms with E-state index in [0.29, 0.717) is 6.04 Å². The second-order valence-electron chi connectivity index (χ2n) is 3.96. The van der Waals surface area contributed by atoms with Crippen LogP contribution in [-0.2, 0) is 6.42 Å². The first kappa shape index (κ1) is 9.62. The summed E-state index contributed by atoms with van der Waals surface area (Å²) in [4.78, 5) is 6.53. The van der Waals surface area contributed by atoms with E-state index in [2.05, 4.69) is 16.0 Å². The van der Waals surface area contributed by atoms with E-state index in [4.69, 9.17) is 5.73 Å². The van der Waals surface area contributed by atoms with E-state index >= 15 is 0 Å². The van der Waals surface area contributed by atoms with E-state index in [0.717, 1.165) is 32.5 Å². The normalized spacial score (nSPS) is 22.8. The zero-order valence-electron chi connectivity index (χ0n) is 8.39. The summed E-state index contributed by atoms with van der Waals surface area (Å²) < 4.78 is 0. The van der Waals surface area contributed by atoms with E-state index in [9.17, 15) is 0 Å². The molecule has 2 heterocycles. The second kappa shape index (κ2) is 4.53. The predicted octanol–water partition coefficient (Wildman–Crippen LogP) is 0.657. The molecule has 0 spiro atoms. The monoisotopic (exact) mass is 191 g/mol. The van der Waals surface area contributed by atoms with E-state index in [1.807, 2.05) is 18.5 Å². The van der Waals surface area contributed by atoms with Crippen LogP contribution in [0.2, 0.25) is 0 Å². The minimum atomic E-state index is 0.392. The molecule has 1 atom stereocenters. The van der Waals surface area contributed by atoms with Gasteiger partial charge in [0.2, 0.25) is 0 Å². The van der Waals surface area contributed by atoms with Crippen LogP contribution in [0.15, 0.2) is 24.5 Å². The maximum absolute atomic E-state index is 5.84. The Bertz CT molecular complexity index is 273. The van der Waals surface area contributed by atoms with Gasteiger partial charge in [-0.25, -0.2) is 0 Å². The van der Waals surface area contributed by atoms with Crippen LogP contribution < -0.4 is 5.73 Å². The summed E-state index contributed by atoms with van der Waals surface area (Å²) in [6, 6.07) is 4.51. The summed E-state index contributed by atoms with van der Waals surface area (Å²) in [7, 11) is 0. The van der Waals surface area contributed by atoms with Crippen LogP contribution in [0.25, 0.3) is 0 Å². The Morgan fingerprint density at radius 3 is 3.14 bits per heavy atom. The van der Waals surface area contributed by atoms with Gasteiger partial charge in [0, 0.05) is 31.5 Å². The van der Waals surface area contributed by atoms with Gasteiger partial charge >= 0.3 is 0 Å². The minimum absolute atomic E-state index is 0.392. The Labute approximate surface area is 84.9 Å². The number of pyridine rings is 1. The maximum atomic E-state index is 5.84. The van der Waals surface area contributed by atoms with Gasteiger partial charge in [-0.3, -0.25) is 4.98 Å². The summed E-state index contributed by atoms with van der Waals surface area (Å²) in [6.07, 6.45) is 5.98. The number of nitrogens with two attached hydrogens (primary N) is 1. The van der Waals surface area contributed by atoms with Gasteiger partial charge in [-0.05, 0) is 31.0 Å². The summed E-state index contributed by atoms with van der Waals surface area (Å²) in [5.41, 5.74) is 7.15. The highest BCUT2D eigenvalue weighted by atomic mass is 15.2. The second-order valence-corrected chi connectivity index (χ2v) is 3.96. The molecule has 14 heavy (non-hydrogen) atoms. The lowest BCUT2D eigenvalue weighted by molar-refractivity contribution is 0.339. The van der Waals surface area contributed by atoms with Crippen molar-refractivity contribution >= 4 is 0 Å². The Balaban J connectivity index is 1.78. The van der Waals surface area contributed by atoms with Crippen molar-refractivity contribution in [3.05, 3.63) is 30.1 Å². The molecule has 2 rings (SSSR count). The Hall–Kier alpha value is -0.930. The first-order valence-corrected chi connectivity index (χ1v) is 5.21. The van der Waals surface area contributed by atoms with Crippen molar-refractivity contribution in [2.24, 2.45) is 5.73 Å². The zero-order chi connectivity index (χ0) is 9.80. The van der Waals surface area contributed by atoms with Crippen LogP contribution in [0, 0.1) is 0 Å². The molecule has 0 amide bonds. The highest BCUT2D eigenvalue weighted by Gasteiger charge is 2.17. The molecule has 76 valence electrons. The van der Waals surface area contributed by atoms with Crippen LogP contribution in [0.3, 0.4) is 0 Å². The Kier molecular flexibility index (Phi) is 3.11. The molecule has 1 unspecified atom stereocenters. The molecular formula is C11H17N3. The molecule has 2 N–H and O–H groups in total. The third-order valence-electron chi connectivity index (χ3n) is 2.75. The molecule has 1 aromatic rings. The van der Waals surface area contributed by atoms with Crippen LogP contribution in [0.5, 0.6) is 0 Å². The molecule has 0 aliphatic carbocycles. The van der Waals surface area contributed by atoms with Crippen molar-refractivity contribution in [1.82, 2.24) is 9.88 Å².